The predicted octanol–water partition coefficient (Wildman–Crippen LogP) is 1.36. The topological polar surface area (TPSA) is 21.4 Å². The third-order valence-corrected chi connectivity index (χ3v) is 2.90. The summed E-state index contributed by atoms with van der Waals surface area (Å²) in [4.78, 5) is 0. The van der Waals surface area contributed by atoms with Crippen molar-refractivity contribution in [3.8, 4) is 0 Å². The minimum absolute atomic E-state index is 0.592. The van der Waals surface area contributed by atoms with Crippen molar-refractivity contribution in [1.29, 1.82) is 0 Å². The van der Waals surface area contributed by atoms with Gasteiger partial charge in [0.25, 0.3) is 0 Å². The molecule has 0 aliphatic rings. The molecule has 0 radical (unpaired) electrons. The highest BCUT2D eigenvalue weighted by Gasteiger charge is 1.98. The second-order valence-corrected chi connectivity index (χ2v) is 3.66. The molecular weight excluding hydrogens is 128 g/mol. The first-order chi connectivity index (χ1) is 3.18. The van der Waals surface area contributed by atoms with Gasteiger partial charge in [0.2, 0.25) is 10.8 Å². The second kappa shape index (κ2) is 3.27. The van der Waals surface area contributed by atoms with Crippen LogP contribution in [0, 0.1) is 0 Å². The molecule has 1 atom stereocenters. The molecule has 3 heteroatoms. The van der Waals surface area contributed by atoms with Gasteiger partial charge in [-0.1, -0.05) is 6.58 Å². The number of hydrogen-bond donors (Lipinski definition) is 0. The van der Waals surface area contributed by atoms with Gasteiger partial charge in [-0.2, -0.15) is 0 Å². The van der Waals surface area contributed by atoms with Crippen LogP contribution in [0.5, 0.6) is 0 Å². The van der Waals surface area contributed by atoms with Crippen LogP contribution < -0.4 is 0 Å². The molecule has 0 aliphatic carbocycles. The summed E-state index contributed by atoms with van der Waals surface area (Å²) in [7, 11) is -0.592. The van der Waals surface area contributed by atoms with Crippen molar-refractivity contribution in [2.45, 2.75) is 0 Å². The van der Waals surface area contributed by atoms with E-state index in [1.54, 1.807) is 6.26 Å². The monoisotopic (exact) mass is 137 g/mol. The average Bonchev–Trinajstić information content (AvgIpc) is 1.65. The van der Waals surface area contributed by atoms with Crippen molar-refractivity contribution >= 4 is 22.6 Å². The Labute approximate surface area is 50.6 Å². The lowest BCUT2D eigenvalue weighted by molar-refractivity contribution is 0.737. The van der Waals surface area contributed by atoms with E-state index in [0.717, 1.165) is 4.24 Å². The lowest BCUT2D eigenvalue weighted by Crippen LogP contribution is -1.81. The van der Waals surface area contributed by atoms with Crippen molar-refractivity contribution in [2.75, 3.05) is 12.5 Å². The fourth-order valence-corrected chi connectivity index (χ4v) is 1.09. The first-order valence-corrected chi connectivity index (χ1v) is 4.58. The van der Waals surface area contributed by atoms with Crippen molar-refractivity contribution < 1.29 is 4.21 Å². The van der Waals surface area contributed by atoms with E-state index in [0.29, 0.717) is 0 Å². The van der Waals surface area contributed by atoms with Crippen molar-refractivity contribution in [3.05, 3.63) is 10.8 Å². The van der Waals surface area contributed by atoms with Gasteiger partial charge < -0.3 is 0 Å². The fraction of sp³-hybridized carbons (Fsp3) is 0.500. The van der Waals surface area contributed by atoms with Crippen LogP contribution in [-0.2, 0) is 10.8 Å². The van der Waals surface area contributed by atoms with Crippen LogP contribution >= 0.6 is 11.8 Å². The Morgan fingerprint density at radius 3 is 2.29 bits per heavy atom. The van der Waals surface area contributed by atoms with Gasteiger partial charge in [0.15, 0.2) is 0 Å². The van der Waals surface area contributed by atoms with Crippen LogP contribution in [0.25, 0.3) is 0 Å². The van der Waals surface area contributed by atoms with Crippen molar-refractivity contribution in [1.82, 2.24) is 0 Å². The number of thioether (sulfide) groups is 1. The molecule has 1 nitrogen and oxygen atoms in total. The molecule has 0 rings (SSSR count). The van der Waals surface area contributed by atoms with Gasteiger partial charge in [-0.15, -0.1) is 11.8 Å². The molecular formula is C4H9OS2+. The first kappa shape index (κ1) is 7.24. The quantitative estimate of drug-likeness (QED) is 0.526. The van der Waals surface area contributed by atoms with Gasteiger partial charge in [0, 0.05) is 0 Å². The van der Waals surface area contributed by atoms with E-state index >= 15 is 0 Å². The Balaban J connectivity index is 3.58. The Kier molecular flexibility index (Phi) is 3.38. The number of rotatable bonds is 2. The summed E-state index contributed by atoms with van der Waals surface area (Å²) in [6, 6.07) is 0. The molecule has 0 heterocycles. The summed E-state index contributed by atoms with van der Waals surface area (Å²) in [6.07, 6.45) is 3.64. The van der Waals surface area contributed by atoms with Crippen LogP contribution in [0.4, 0.5) is 0 Å². The summed E-state index contributed by atoms with van der Waals surface area (Å²) < 4.78 is 9.58. The van der Waals surface area contributed by atoms with Crippen molar-refractivity contribution in [3.63, 3.8) is 0 Å². The molecule has 0 amide bonds. The predicted molar refractivity (Wildman–Crippen MR) is 37.9 cm³/mol. The molecule has 7 heavy (non-hydrogen) atoms. The SMILES string of the molecule is C=C(SC)S(C)=[OH+]. The molecule has 0 saturated heterocycles. The summed E-state index contributed by atoms with van der Waals surface area (Å²) in [6.45, 7) is 3.60. The largest absolute Gasteiger partial charge is 0.247 e. The zero-order valence-electron chi connectivity index (χ0n) is 4.47. The van der Waals surface area contributed by atoms with Crippen LogP contribution in [0.1, 0.15) is 0 Å². The molecule has 0 saturated carbocycles. The maximum atomic E-state index is 8.73. The minimum atomic E-state index is -0.592. The lowest BCUT2D eigenvalue weighted by atomic mass is 11.3. The van der Waals surface area contributed by atoms with E-state index < -0.39 is 10.8 Å². The zero-order chi connectivity index (χ0) is 5.86. The Morgan fingerprint density at radius 1 is 1.86 bits per heavy atom. The average molecular weight is 137 g/mol. The molecule has 1 N–H and O–H groups in total. The van der Waals surface area contributed by atoms with Crippen LogP contribution in [0.3, 0.4) is 0 Å². The summed E-state index contributed by atoms with van der Waals surface area (Å²) in [5, 5.41) is 0. The molecule has 0 bridgehead atoms. The molecule has 0 aromatic heterocycles. The van der Waals surface area contributed by atoms with Gasteiger partial charge in [0.05, 0.1) is 6.26 Å². The number of hydrogen-bond acceptors (Lipinski definition) is 1. The highest BCUT2D eigenvalue weighted by molar-refractivity contribution is 8.15. The Hall–Kier alpha value is 0.240. The van der Waals surface area contributed by atoms with Crippen LogP contribution in [-0.4, -0.2) is 16.7 Å². The summed E-state index contributed by atoms with van der Waals surface area (Å²) in [5.74, 6) is 0. The maximum absolute atomic E-state index is 8.73. The zero-order valence-corrected chi connectivity index (χ0v) is 6.10. The highest BCUT2D eigenvalue weighted by atomic mass is 32.2. The van der Waals surface area contributed by atoms with E-state index in [-0.39, 0.29) is 0 Å². The van der Waals surface area contributed by atoms with Gasteiger partial charge >= 0.3 is 0 Å². The normalized spacial score (nSPS) is 13.4. The minimum Gasteiger partial charge on any atom is -0.247 e. The molecule has 0 fully saturated rings. The molecule has 0 aliphatic heterocycles. The highest BCUT2D eigenvalue weighted by Crippen LogP contribution is 2.10. The lowest BCUT2D eigenvalue weighted by Gasteiger charge is -1.84. The van der Waals surface area contributed by atoms with E-state index in [9.17, 15) is 0 Å². The second-order valence-electron chi connectivity index (χ2n) is 1.05. The van der Waals surface area contributed by atoms with E-state index in [4.69, 9.17) is 4.21 Å². The van der Waals surface area contributed by atoms with E-state index in [1.807, 2.05) is 6.26 Å². The molecule has 1 unspecified atom stereocenters. The Morgan fingerprint density at radius 2 is 2.29 bits per heavy atom. The molecule has 42 valence electrons. The molecule has 0 spiro atoms. The van der Waals surface area contributed by atoms with E-state index in [1.165, 1.54) is 11.8 Å². The summed E-state index contributed by atoms with van der Waals surface area (Å²) in [5.41, 5.74) is 0. The van der Waals surface area contributed by atoms with Gasteiger partial charge in [-0.05, 0) is 6.26 Å². The van der Waals surface area contributed by atoms with Gasteiger partial charge in [-0.25, -0.2) is 4.21 Å². The third-order valence-electron chi connectivity index (χ3n) is 0.557. The fourth-order valence-electron chi connectivity index (χ4n) is 0.121. The molecule has 0 aromatic carbocycles. The Bertz CT molecular complexity index is 97.9. The summed E-state index contributed by atoms with van der Waals surface area (Å²) >= 11 is 1.50. The third kappa shape index (κ3) is 2.88. The smallest absolute Gasteiger partial charge is 0.221 e. The van der Waals surface area contributed by atoms with Gasteiger partial charge in [0.1, 0.15) is 4.24 Å². The maximum Gasteiger partial charge on any atom is 0.221 e. The van der Waals surface area contributed by atoms with Crippen LogP contribution in [0.15, 0.2) is 10.8 Å². The van der Waals surface area contributed by atoms with Crippen molar-refractivity contribution in [2.24, 2.45) is 0 Å². The standard InChI is InChI=1S/C4H8OS2/c1-4(6-2)7(3)5/h1H2,2-3H3/p+1. The molecule has 0 aromatic rings. The van der Waals surface area contributed by atoms with Crippen LogP contribution in [0.2, 0.25) is 0 Å². The first-order valence-electron chi connectivity index (χ1n) is 1.76. The van der Waals surface area contributed by atoms with Gasteiger partial charge in [-0.3, -0.25) is 0 Å². The van der Waals surface area contributed by atoms with E-state index in [2.05, 4.69) is 6.58 Å².